The number of benzene rings is 2. The molecule has 1 aliphatic heterocycles. The van der Waals surface area contributed by atoms with Gasteiger partial charge in [-0.05, 0) is 89.7 Å². The van der Waals surface area contributed by atoms with E-state index in [0.29, 0.717) is 21.7 Å². The van der Waals surface area contributed by atoms with E-state index in [2.05, 4.69) is 32.9 Å². The Labute approximate surface area is 175 Å². The van der Waals surface area contributed by atoms with Gasteiger partial charge in [0, 0.05) is 5.02 Å². The van der Waals surface area contributed by atoms with Crippen LogP contribution in [0.5, 0.6) is 5.75 Å². The van der Waals surface area contributed by atoms with Gasteiger partial charge in [-0.15, -0.1) is 0 Å². The van der Waals surface area contributed by atoms with Crippen molar-refractivity contribution in [1.82, 2.24) is 5.32 Å². The lowest BCUT2D eigenvalue weighted by atomic mass is 10.2. The number of thioether (sulfide) groups is 1. The molecule has 2 aromatic carbocycles. The molecule has 1 N–H and O–H groups in total. The molecule has 1 fully saturated rings. The third kappa shape index (κ3) is 4.61. The third-order valence-electron chi connectivity index (χ3n) is 3.60. The van der Waals surface area contributed by atoms with Crippen LogP contribution < -0.4 is 10.1 Å². The number of hydrogen-bond donors (Lipinski definition) is 1. The molecular weight excluding hydrogens is 483 g/mol. The van der Waals surface area contributed by atoms with Crippen LogP contribution in [0.2, 0.25) is 5.02 Å². The van der Waals surface area contributed by atoms with Crippen molar-refractivity contribution in [2.24, 2.45) is 4.99 Å². The summed E-state index contributed by atoms with van der Waals surface area (Å²) >= 11 is 9.58. The molecule has 0 saturated carbocycles. The summed E-state index contributed by atoms with van der Waals surface area (Å²) in [5, 5.41) is 3.96. The van der Waals surface area contributed by atoms with Crippen LogP contribution in [0.1, 0.15) is 18.1 Å². The van der Waals surface area contributed by atoms with E-state index in [9.17, 15) is 4.79 Å². The summed E-state index contributed by atoms with van der Waals surface area (Å²) in [4.78, 5) is 17.4. The number of hydrogen-bond acceptors (Lipinski definition) is 4. The quantitative estimate of drug-likeness (QED) is 0.445. The Hall–Kier alpha value is -1.51. The van der Waals surface area contributed by atoms with Crippen molar-refractivity contribution in [3.8, 4) is 5.75 Å². The van der Waals surface area contributed by atoms with E-state index in [1.54, 1.807) is 6.07 Å². The average molecular weight is 499 g/mol. The van der Waals surface area contributed by atoms with Gasteiger partial charge in [0.15, 0.2) is 5.17 Å². The number of nitrogens with one attached hydrogen (secondary N) is 1. The normalized spacial score (nSPS) is 17.0. The smallest absolute Gasteiger partial charge is 0.264 e. The monoisotopic (exact) mass is 498 g/mol. The SMILES string of the molecule is CCOc1ccc(/C=C2\SC(=Nc3cc(Cl)ccc3C)NC2=O)cc1I. The largest absolute Gasteiger partial charge is 0.493 e. The maximum atomic E-state index is 12.3. The lowest BCUT2D eigenvalue weighted by Crippen LogP contribution is -2.19. The maximum absolute atomic E-state index is 12.3. The van der Waals surface area contributed by atoms with Crippen LogP contribution in [-0.4, -0.2) is 17.7 Å². The average Bonchev–Trinajstić information content (AvgIpc) is 2.93. The van der Waals surface area contributed by atoms with Gasteiger partial charge >= 0.3 is 0 Å². The van der Waals surface area contributed by atoms with Crippen molar-refractivity contribution in [2.75, 3.05) is 6.61 Å². The molecule has 0 unspecified atom stereocenters. The number of carbonyl (C=O) groups excluding carboxylic acids is 1. The Morgan fingerprint density at radius 1 is 1.31 bits per heavy atom. The minimum Gasteiger partial charge on any atom is -0.493 e. The summed E-state index contributed by atoms with van der Waals surface area (Å²) in [6, 6.07) is 11.3. The summed E-state index contributed by atoms with van der Waals surface area (Å²) in [6.45, 7) is 4.53. The summed E-state index contributed by atoms with van der Waals surface area (Å²) in [5.74, 6) is 0.690. The Balaban J connectivity index is 1.83. The second-order valence-electron chi connectivity index (χ2n) is 5.54. The number of ether oxygens (including phenoxy) is 1. The number of carbonyl (C=O) groups is 1. The van der Waals surface area contributed by atoms with Crippen molar-refractivity contribution >= 4 is 68.8 Å². The minimum absolute atomic E-state index is 0.155. The van der Waals surface area contributed by atoms with Crippen molar-refractivity contribution in [3.63, 3.8) is 0 Å². The first kappa shape index (κ1) is 19.3. The van der Waals surface area contributed by atoms with Crippen LogP contribution in [0, 0.1) is 10.5 Å². The van der Waals surface area contributed by atoms with E-state index < -0.39 is 0 Å². The molecule has 7 heteroatoms. The first-order valence-electron chi connectivity index (χ1n) is 7.94. The zero-order chi connectivity index (χ0) is 18.7. The number of aryl methyl sites for hydroxylation is 1. The van der Waals surface area contributed by atoms with Crippen LogP contribution in [0.25, 0.3) is 6.08 Å². The van der Waals surface area contributed by atoms with Gasteiger partial charge in [0.25, 0.3) is 5.91 Å². The molecule has 0 bridgehead atoms. The predicted molar refractivity (Wildman–Crippen MR) is 117 cm³/mol. The predicted octanol–water partition coefficient (Wildman–Crippen LogP) is 5.54. The molecule has 1 aliphatic rings. The van der Waals surface area contributed by atoms with Gasteiger partial charge in [0.05, 0.1) is 20.8 Å². The van der Waals surface area contributed by atoms with E-state index in [4.69, 9.17) is 16.3 Å². The van der Waals surface area contributed by atoms with Gasteiger partial charge in [-0.25, -0.2) is 4.99 Å². The van der Waals surface area contributed by atoms with Crippen LogP contribution in [0.15, 0.2) is 46.3 Å². The summed E-state index contributed by atoms with van der Waals surface area (Å²) < 4.78 is 6.55. The van der Waals surface area contributed by atoms with E-state index >= 15 is 0 Å². The highest BCUT2D eigenvalue weighted by Crippen LogP contribution is 2.31. The zero-order valence-corrected chi connectivity index (χ0v) is 17.9. The number of amides is 1. The van der Waals surface area contributed by atoms with E-state index in [1.165, 1.54) is 11.8 Å². The topological polar surface area (TPSA) is 50.7 Å². The van der Waals surface area contributed by atoms with E-state index in [1.807, 2.05) is 50.3 Å². The number of aliphatic imine (C=N–C) groups is 1. The van der Waals surface area contributed by atoms with Crippen LogP contribution in [-0.2, 0) is 4.79 Å². The van der Waals surface area contributed by atoms with Crippen molar-refractivity contribution < 1.29 is 9.53 Å². The number of rotatable bonds is 4. The van der Waals surface area contributed by atoms with Crippen molar-refractivity contribution in [1.29, 1.82) is 0 Å². The molecule has 26 heavy (non-hydrogen) atoms. The Morgan fingerprint density at radius 2 is 2.12 bits per heavy atom. The molecule has 0 atom stereocenters. The fourth-order valence-corrected chi connectivity index (χ4v) is 4.02. The van der Waals surface area contributed by atoms with Crippen LogP contribution in [0.4, 0.5) is 5.69 Å². The number of nitrogens with zero attached hydrogens (tertiary/aromatic N) is 1. The summed E-state index contributed by atoms with van der Waals surface area (Å²) in [7, 11) is 0. The van der Waals surface area contributed by atoms with Gasteiger partial charge in [-0.1, -0.05) is 23.7 Å². The van der Waals surface area contributed by atoms with Gasteiger partial charge in [-0.2, -0.15) is 0 Å². The molecule has 1 amide bonds. The second kappa shape index (κ2) is 8.45. The molecule has 4 nitrogen and oxygen atoms in total. The number of halogens is 2. The Morgan fingerprint density at radius 3 is 2.85 bits per heavy atom. The first-order chi connectivity index (χ1) is 12.5. The lowest BCUT2D eigenvalue weighted by Gasteiger charge is -2.06. The van der Waals surface area contributed by atoms with Crippen LogP contribution >= 0.6 is 46.0 Å². The van der Waals surface area contributed by atoms with Crippen molar-refractivity contribution in [2.45, 2.75) is 13.8 Å². The van der Waals surface area contributed by atoms with Crippen molar-refractivity contribution in [3.05, 3.63) is 61.0 Å². The van der Waals surface area contributed by atoms with Gasteiger partial charge in [0.2, 0.25) is 0 Å². The highest BCUT2D eigenvalue weighted by molar-refractivity contribution is 14.1. The van der Waals surface area contributed by atoms with Gasteiger partial charge in [0.1, 0.15) is 5.75 Å². The zero-order valence-electron chi connectivity index (χ0n) is 14.2. The molecule has 0 spiro atoms. The molecule has 0 radical (unpaired) electrons. The van der Waals surface area contributed by atoms with Gasteiger partial charge in [-0.3, -0.25) is 4.79 Å². The fourth-order valence-electron chi connectivity index (χ4n) is 2.32. The molecule has 0 aromatic heterocycles. The summed E-state index contributed by atoms with van der Waals surface area (Å²) in [5.41, 5.74) is 2.68. The van der Waals surface area contributed by atoms with E-state index in [0.717, 1.165) is 26.1 Å². The second-order valence-corrected chi connectivity index (χ2v) is 8.16. The number of amidine groups is 1. The molecule has 3 rings (SSSR count). The van der Waals surface area contributed by atoms with E-state index in [-0.39, 0.29) is 5.91 Å². The lowest BCUT2D eigenvalue weighted by molar-refractivity contribution is -0.115. The molecular formula is C19H16ClIN2O2S. The van der Waals surface area contributed by atoms with Gasteiger partial charge < -0.3 is 10.1 Å². The first-order valence-corrected chi connectivity index (χ1v) is 10.2. The Kier molecular flexibility index (Phi) is 6.26. The maximum Gasteiger partial charge on any atom is 0.264 e. The molecule has 2 aromatic rings. The Bertz CT molecular complexity index is 928. The standard InChI is InChI=1S/C19H16ClIN2O2S/c1-3-25-16-7-5-12(8-14(16)21)9-17-18(24)23-19(26-17)22-15-10-13(20)6-4-11(15)2/h4-10H,3H2,1-2H3,(H,22,23,24)/b17-9-. The molecule has 1 heterocycles. The highest BCUT2D eigenvalue weighted by Gasteiger charge is 2.24. The third-order valence-corrected chi connectivity index (χ3v) is 5.59. The fraction of sp³-hybridized carbons (Fsp3) is 0.158. The molecule has 134 valence electrons. The van der Waals surface area contributed by atoms with Crippen LogP contribution in [0.3, 0.4) is 0 Å². The summed E-state index contributed by atoms with van der Waals surface area (Å²) in [6.07, 6.45) is 1.85. The molecule has 0 aliphatic carbocycles. The highest BCUT2D eigenvalue weighted by atomic mass is 127. The molecule has 1 saturated heterocycles. The minimum atomic E-state index is -0.155.